The minimum Gasteiger partial charge on any atom is -0.330 e. The first-order valence-corrected chi connectivity index (χ1v) is 3.89. The van der Waals surface area contributed by atoms with Crippen LogP contribution >= 0.6 is 24.8 Å². The molecule has 0 unspecified atom stereocenters. The summed E-state index contributed by atoms with van der Waals surface area (Å²) in [6.07, 6.45) is 4.61. The predicted octanol–water partition coefficient (Wildman–Crippen LogP) is 1.44. The normalized spacial score (nSPS) is 17.3. The van der Waals surface area contributed by atoms with Gasteiger partial charge in [-0.2, -0.15) is 0 Å². The highest BCUT2D eigenvalue weighted by atomic mass is 35.5. The second kappa shape index (κ2) is 7.87. The number of likely N-dealkylation sites (N-methyl/N-ethyl adjacent to an activating group) is 1. The molecule has 0 atom stereocenters. The molecule has 4 heteroatoms. The molecule has 0 aromatic heterocycles. The first kappa shape index (κ1) is 14.7. The van der Waals surface area contributed by atoms with E-state index in [1.807, 2.05) is 0 Å². The molecule has 0 radical (unpaired) electrons. The van der Waals surface area contributed by atoms with Gasteiger partial charge in [0.05, 0.1) is 0 Å². The fraction of sp³-hybridized carbons (Fsp3) is 0.750. The molecule has 0 amide bonds. The Hall–Kier alpha value is 0.240. The van der Waals surface area contributed by atoms with Crippen molar-refractivity contribution in [1.29, 1.82) is 0 Å². The summed E-state index contributed by atoms with van der Waals surface area (Å²) >= 11 is 0. The van der Waals surface area contributed by atoms with E-state index in [1.54, 1.807) is 5.57 Å². The molecular weight excluding hydrogens is 195 g/mol. The Morgan fingerprint density at radius 3 is 2.58 bits per heavy atom. The second-order valence-electron chi connectivity index (χ2n) is 2.91. The van der Waals surface area contributed by atoms with Gasteiger partial charge in [0.25, 0.3) is 0 Å². The van der Waals surface area contributed by atoms with E-state index in [0.717, 1.165) is 19.5 Å². The maximum absolute atomic E-state index is 5.44. The molecule has 0 fully saturated rings. The Balaban J connectivity index is 0. The van der Waals surface area contributed by atoms with Crippen LogP contribution in [0.2, 0.25) is 0 Å². The van der Waals surface area contributed by atoms with Crippen molar-refractivity contribution in [3.8, 4) is 0 Å². The Labute approximate surface area is 87.0 Å². The smallest absolute Gasteiger partial charge is 0.0162 e. The summed E-state index contributed by atoms with van der Waals surface area (Å²) in [4.78, 5) is 2.32. The lowest BCUT2D eigenvalue weighted by Crippen LogP contribution is -2.24. The van der Waals surface area contributed by atoms with Crippen molar-refractivity contribution in [2.75, 3.05) is 26.7 Å². The highest BCUT2D eigenvalue weighted by Gasteiger charge is 2.05. The van der Waals surface area contributed by atoms with Gasteiger partial charge in [0.2, 0.25) is 0 Å². The monoisotopic (exact) mass is 212 g/mol. The van der Waals surface area contributed by atoms with Gasteiger partial charge >= 0.3 is 0 Å². The number of hydrogen-bond acceptors (Lipinski definition) is 2. The Bertz CT molecular complexity index is 137. The van der Waals surface area contributed by atoms with Crippen LogP contribution in [0.4, 0.5) is 0 Å². The summed E-state index contributed by atoms with van der Waals surface area (Å²) in [5.41, 5.74) is 6.98. The van der Waals surface area contributed by atoms with Crippen molar-refractivity contribution >= 4 is 24.8 Å². The van der Waals surface area contributed by atoms with Gasteiger partial charge in [-0.25, -0.2) is 0 Å². The molecule has 1 rings (SSSR count). The van der Waals surface area contributed by atoms with E-state index in [0.29, 0.717) is 0 Å². The van der Waals surface area contributed by atoms with E-state index in [2.05, 4.69) is 18.0 Å². The van der Waals surface area contributed by atoms with Gasteiger partial charge in [-0.05, 0) is 26.4 Å². The van der Waals surface area contributed by atoms with Crippen LogP contribution in [0.1, 0.15) is 12.8 Å². The number of halogens is 2. The highest BCUT2D eigenvalue weighted by Crippen LogP contribution is 2.11. The molecule has 0 saturated heterocycles. The molecule has 2 nitrogen and oxygen atoms in total. The van der Waals surface area contributed by atoms with E-state index < -0.39 is 0 Å². The zero-order chi connectivity index (χ0) is 7.40. The van der Waals surface area contributed by atoms with Crippen LogP contribution < -0.4 is 5.73 Å². The Morgan fingerprint density at radius 1 is 1.50 bits per heavy atom. The maximum atomic E-state index is 5.44. The zero-order valence-electron chi connectivity index (χ0n) is 7.45. The van der Waals surface area contributed by atoms with Crippen LogP contribution in [0.5, 0.6) is 0 Å². The van der Waals surface area contributed by atoms with Gasteiger partial charge in [0, 0.05) is 13.1 Å². The minimum atomic E-state index is 0. The van der Waals surface area contributed by atoms with Gasteiger partial charge in [-0.15, -0.1) is 24.8 Å². The molecule has 0 saturated carbocycles. The number of hydrogen-bond donors (Lipinski definition) is 1. The molecule has 1 aliphatic rings. The van der Waals surface area contributed by atoms with Crippen molar-refractivity contribution in [1.82, 2.24) is 4.90 Å². The third-order valence-corrected chi connectivity index (χ3v) is 1.97. The molecule has 74 valence electrons. The standard InChI is InChI=1S/C8H16N2.2ClH/c1-10-6-3-8(2-5-9)4-7-10;;/h3H,2,4-7,9H2,1H3;2*1H. The van der Waals surface area contributed by atoms with Crippen LogP contribution in [-0.2, 0) is 0 Å². The average molecular weight is 213 g/mol. The molecule has 0 aliphatic carbocycles. The van der Waals surface area contributed by atoms with E-state index in [-0.39, 0.29) is 24.8 Å². The fourth-order valence-electron chi connectivity index (χ4n) is 1.23. The first-order chi connectivity index (χ1) is 4.83. The molecule has 12 heavy (non-hydrogen) atoms. The van der Waals surface area contributed by atoms with Crippen molar-refractivity contribution in [2.45, 2.75) is 12.8 Å². The summed E-state index contributed by atoms with van der Waals surface area (Å²) in [5.74, 6) is 0. The van der Waals surface area contributed by atoms with Crippen LogP contribution in [0.3, 0.4) is 0 Å². The first-order valence-electron chi connectivity index (χ1n) is 3.89. The van der Waals surface area contributed by atoms with Gasteiger partial charge in [-0.3, -0.25) is 0 Å². The molecular formula is C8H18Cl2N2. The van der Waals surface area contributed by atoms with Crippen molar-refractivity contribution in [3.05, 3.63) is 11.6 Å². The summed E-state index contributed by atoms with van der Waals surface area (Å²) < 4.78 is 0. The van der Waals surface area contributed by atoms with Gasteiger partial charge in [0.15, 0.2) is 0 Å². The lowest BCUT2D eigenvalue weighted by atomic mass is 10.1. The van der Waals surface area contributed by atoms with Crippen LogP contribution in [0, 0.1) is 0 Å². The Morgan fingerprint density at radius 2 is 2.17 bits per heavy atom. The molecule has 2 N–H and O–H groups in total. The molecule has 1 aliphatic heterocycles. The largest absolute Gasteiger partial charge is 0.330 e. The summed E-state index contributed by atoms with van der Waals surface area (Å²) in [5, 5.41) is 0. The maximum Gasteiger partial charge on any atom is 0.0162 e. The predicted molar refractivity (Wildman–Crippen MR) is 58.4 cm³/mol. The van der Waals surface area contributed by atoms with E-state index in [4.69, 9.17) is 5.73 Å². The fourth-order valence-corrected chi connectivity index (χ4v) is 1.23. The Kier molecular flexibility index (Phi) is 9.67. The van der Waals surface area contributed by atoms with E-state index >= 15 is 0 Å². The lowest BCUT2D eigenvalue weighted by molar-refractivity contribution is 0.356. The van der Waals surface area contributed by atoms with Crippen molar-refractivity contribution < 1.29 is 0 Å². The molecule has 0 bridgehead atoms. The zero-order valence-corrected chi connectivity index (χ0v) is 9.09. The minimum absolute atomic E-state index is 0. The third-order valence-electron chi connectivity index (χ3n) is 1.97. The second-order valence-corrected chi connectivity index (χ2v) is 2.91. The van der Waals surface area contributed by atoms with Gasteiger partial charge < -0.3 is 10.6 Å². The van der Waals surface area contributed by atoms with Crippen molar-refractivity contribution in [2.24, 2.45) is 5.73 Å². The van der Waals surface area contributed by atoms with E-state index in [9.17, 15) is 0 Å². The topological polar surface area (TPSA) is 29.3 Å². The van der Waals surface area contributed by atoms with Crippen LogP contribution in [0.15, 0.2) is 11.6 Å². The third kappa shape index (κ3) is 4.99. The molecule has 0 spiro atoms. The lowest BCUT2D eigenvalue weighted by Gasteiger charge is -2.21. The summed E-state index contributed by atoms with van der Waals surface area (Å²) in [6, 6.07) is 0. The number of rotatable bonds is 2. The van der Waals surface area contributed by atoms with E-state index in [1.165, 1.54) is 13.0 Å². The van der Waals surface area contributed by atoms with Crippen molar-refractivity contribution in [3.63, 3.8) is 0 Å². The molecule has 0 aromatic carbocycles. The summed E-state index contributed by atoms with van der Waals surface area (Å²) in [7, 11) is 2.15. The average Bonchev–Trinajstić information content (AvgIpc) is 1.95. The molecule has 1 heterocycles. The summed E-state index contributed by atoms with van der Waals surface area (Å²) in [6.45, 7) is 3.11. The van der Waals surface area contributed by atoms with Crippen LogP contribution in [-0.4, -0.2) is 31.6 Å². The quantitative estimate of drug-likeness (QED) is 0.703. The van der Waals surface area contributed by atoms with Gasteiger partial charge in [-0.1, -0.05) is 11.6 Å². The highest BCUT2D eigenvalue weighted by molar-refractivity contribution is 5.85. The molecule has 0 aromatic rings. The van der Waals surface area contributed by atoms with Gasteiger partial charge in [0.1, 0.15) is 0 Å². The number of nitrogens with zero attached hydrogens (tertiary/aromatic N) is 1. The van der Waals surface area contributed by atoms with Crippen LogP contribution in [0.25, 0.3) is 0 Å². The SMILES string of the molecule is CN1CC=C(CCN)CC1.Cl.Cl. The number of nitrogens with two attached hydrogens (primary N) is 1.